The Hall–Kier alpha value is -0.940. The Morgan fingerprint density at radius 2 is 2.53 bits per heavy atom. The van der Waals surface area contributed by atoms with E-state index in [1.54, 1.807) is 12.5 Å². The van der Waals surface area contributed by atoms with E-state index in [1.165, 1.54) is 24.2 Å². The lowest BCUT2D eigenvalue weighted by Crippen LogP contribution is -2.05. The maximum absolute atomic E-state index is 10.5. The van der Waals surface area contributed by atoms with Gasteiger partial charge in [-0.25, -0.2) is 4.98 Å². The minimum Gasteiger partial charge on any atom is -0.481 e. The standard InChI is InChI=1S/C10H13NO3S/c1-14-9(6-2-3-6)10-11-7(5-15-10)4-8(12)13/h5-6,9H,2-4H2,1H3,(H,12,13). The first-order valence-electron chi connectivity index (χ1n) is 4.89. The molecule has 1 N–H and O–H groups in total. The normalized spacial score (nSPS) is 17.7. The molecule has 4 nitrogen and oxygen atoms in total. The predicted octanol–water partition coefficient (Wildman–Crippen LogP) is 1.87. The van der Waals surface area contributed by atoms with E-state index >= 15 is 0 Å². The number of aliphatic carboxylic acids is 1. The molecule has 1 fully saturated rings. The Bertz CT molecular complexity index is 359. The molecule has 1 saturated carbocycles. The Balaban J connectivity index is 2.07. The zero-order valence-corrected chi connectivity index (χ0v) is 9.29. The predicted molar refractivity (Wildman–Crippen MR) is 55.9 cm³/mol. The molecule has 0 aliphatic heterocycles. The molecular weight excluding hydrogens is 214 g/mol. The van der Waals surface area contributed by atoms with Crippen LogP contribution in [0.2, 0.25) is 0 Å². The van der Waals surface area contributed by atoms with Crippen molar-refractivity contribution in [2.24, 2.45) is 5.92 Å². The largest absolute Gasteiger partial charge is 0.481 e. The molecule has 5 heteroatoms. The van der Waals surface area contributed by atoms with Crippen LogP contribution >= 0.6 is 11.3 Å². The highest BCUT2D eigenvalue weighted by atomic mass is 32.1. The van der Waals surface area contributed by atoms with Gasteiger partial charge in [0.2, 0.25) is 0 Å². The van der Waals surface area contributed by atoms with Crippen LogP contribution in [-0.2, 0) is 16.0 Å². The molecular formula is C10H13NO3S. The maximum atomic E-state index is 10.5. The number of carboxylic acid groups (broad SMARTS) is 1. The monoisotopic (exact) mass is 227 g/mol. The van der Waals surface area contributed by atoms with Gasteiger partial charge in [-0.3, -0.25) is 4.79 Å². The molecule has 1 aromatic heterocycles. The fourth-order valence-electron chi connectivity index (χ4n) is 1.58. The molecule has 1 aromatic rings. The van der Waals surface area contributed by atoms with E-state index in [4.69, 9.17) is 9.84 Å². The average molecular weight is 227 g/mol. The number of hydrogen-bond acceptors (Lipinski definition) is 4. The Kier molecular flexibility index (Phi) is 3.02. The van der Waals surface area contributed by atoms with Crippen LogP contribution in [0.5, 0.6) is 0 Å². The van der Waals surface area contributed by atoms with Crippen LogP contribution in [-0.4, -0.2) is 23.2 Å². The third kappa shape index (κ3) is 2.54. The van der Waals surface area contributed by atoms with E-state index in [0.717, 1.165) is 5.01 Å². The van der Waals surface area contributed by atoms with Crippen molar-refractivity contribution in [2.75, 3.05) is 7.11 Å². The zero-order valence-electron chi connectivity index (χ0n) is 8.47. The summed E-state index contributed by atoms with van der Waals surface area (Å²) in [5, 5.41) is 11.3. The highest BCUT2D eigenvalue weighted by Crippen LogP contribution is 2.43. The third-order valence-corrected chi connectivity index (χ3v) is 3.40. The van der Waals surface area contributed by atoms with Gasteiger partial charge < -0.3 is 9.84 Å². The summed E-state index contributed by atoms with van der Waals surface area (Å²) in [6.07, 6.45) is 2.44. The second kappa shape index (κ2) is 4.28. The minimum absolute atomic E-state index is 0.00238. The lowest BCUT2D eigenvalue weighted by Gasteiger charge is -2.10. The minimum atomic E-state index is -0.841. The van der Waals surface area contributed by atoms with E-state index in [2.05, 4.69) is 4.98 Å². The number of aromatic nitrogens is 1. The summed E-state index contributed by atoms with van der Waals surface area (Å²) in [5.41, 5.74) is 0.630. The lowest BCUT2D eigenvalue weighted by molar-refractivity contribution is -0.136. The van der Waals surface area contributed by atoms with E-state index in [1.807, 2.05) is 0 Å². The van der Waals surface area contributed by atoms with Crippen molar-refractivity contribution >= 4 is 17.3 Å². The fraction of sp³-hybridized carbons (Fsp3) is 0.600. The van der Waals surface area contributed by atoms with Crippen molar-refractivity contribution in [1.29, 1.82) is 0 Å². The van der Waals surface area contributed by atoms with Gasteiger partial charge in [0.05, 0.1) is 12.1 Å². The Labute approximate surface area is 91.9 Å². The highest BCUT2D eigenvalue weighted by Gasteiger charge is 2.34. The molecule has 82 valence electrons. The van der Waals surface area contributed by atoms with Crippen LogP contribution in [0.3, 0.4) is 0 Å². The van der Waals surface area contributed by atoms with Crippen LogP contribution in [0, 0.1) is 5.92 Å². The van der Waals surface area contributed by atoms with Crippen molar-refractivity contribution < 1.29 is 14.6 Å². The quantitative estimate of drug-likeness (QED) is 0.834. The Morgan fingerprint density at radius 3 is 3.07 bits per heavy atom. The molecule has 0 radical (unpaired) electrons. The molecule has 0 bridgehead atoms. The van der Waals surface area contributed by atoms with Gasteiger partial charge in [-0.05, 0) is 18.8 Å². The summed E-state index contributed by atoms with van der Waals surface area (Å²) in [7, 11) is 1.68. The van der Waals surface area contributed by atoms with Gasteiger partial charge in [0, 0.05) is 12.5 Å². The topological polar surface area (TPSA) is 59.4 Å². The van der Waals surface area contributed by atoms with Gasteiger partial charge in [0.25, 0.3) is 0 Å². The van der Waals surface area contributed by atoms with E-state index in [0.29, 0.717) is 11.6 Å². The van der Waals surface area contributed by atoms with Crippen LogP contribution in [0.1, 0.15) is 29.6 Å². The van der Waals surface area contributed by atoms with Gasteiger partial charge >= 0.3 is 5.97 Å². The summed E-state index contributed by atoms with van der Waals surface area (Å²) < 4.78 is 5.38. The highest BCUT2D eigenvalue weighted by molar-refractivity contribution is 7.09. The second-order valence-electron chi connectivity index (χ2n) is 3.74. The lowest BCUT2D eigenvalue weighted by atomic mass is 10.2. The van der Waals surface area contributed by atoms with Crippen LogP contribution < -0.4 is 0 Å². The molecule has 0 aromatic carbocycles. The van der Waals surface area contributed by atoms with Crippen LogP contribution in [0.4, 0.5) is 0 Å². The van der Waals surface area contributed by atoms with Gasteiger partial charge in [0.1, 0.15) is 11.1 Å². The van der Waals surface area contributed by atoms with Gasteiger partial charge in [-0.1, -0.05) is 0 Å². The molecule has 1 aliphatic rings. The number of carbonyl (C=O) groups is 1. The molecule has 0 saturated heterocycles. The van der Waals surface area contributed by atoms with Crippen LogP contribution in [0.15, 0.2) is 5.38 Å². The molecule has 2 rings (SSSR count). The number of hydrogen-bond donors (Lipinski definition) is 1. The number of methoxy groups -OCH3 is 1. The third-order valence-electron chi connectivity index (χ3n) is 2.45. The molecule has 1 heterocycles. The van der Waals surface area contributed by atoms with Gasteiger partial charge in [0.15, 0.2) is 0 Å². The number of thiazole rings is 1. The molecule has 0 amide bonds. The summed E-state index contributed by atoms with van der Waals surface area (Å²) >= 11 is 1.49. The first kappa shape index (κ1) is 10.6. The zero-order chi connectivity index (χ0) is 10.8. The summed E-state index contributed by atoms with van der Waals surface area (Å²) in [5.74, 6) is -0.258. The smallest absolute Gasteiger partial charge is 0.309 e. The van der Waals surface area contributed by atoms with Crippen molar-refractivity contribution in [3.05, 3.63) is 16.1 Å². The summed E-state index contributed by atoms with van der Waals surface area (Å²) in [6.45, 7) is 0. The SMILES string of the molecule is COC(c1nc(CC(=O)O)cs1)C1CC1. The molecule has 0 spiro atoms. The number of carboxylic acids is 1. The molecule has 15 heavy (non-hydrogen) atoms. The van der Waals surface area contributed by atoms with Crippen molar-refractivity contribution in [2.45, 2.75) is 25.4 Å². The Morgan fingerprint density at radius 1 is 1.80 bits per heavy atom. The molecule has 1 atom stereocenters. The van der Waals surface area contributed by atoms with Gasteiger partial charge in [-0.15, -0.1) is 11.3 Å². The van der Waals surface area contributed by atoms with Crippen LogP contribution in [0.25, 0.3) is 0 Å². The number of rotatable bonds is 5. The number of nitrogens with zero attached hydrogens (tertiary/aromatic N) is 1. The number of ether oxygens (including phenoxy) is 1. The van der Waals surface area contributed by atoms with E-state index < -0.39 is 5.97 Å². The van der Waals surface area contributed by atoms with Crippen molar-refractivity contribution in [1.82, 2.24) is 4.98 Å². The van der Waals surface area contributed by atoms with Crippen molar-refractivity contribution in [3.63, 3.8) is 0 Å². The van der Waals surface area contributed by atoms with E-state index in [-0.39, 0.29) is 12.5 Å². The van der Waals surface area contributed by atoms with E-state index in [9.17, 15) is 4.79 Å². The summed E-state index contributed by atoms with van der Waals surface area (Å²) in [4.78, 5) is 14.8. The average Bonchev–Trinajstić information content (AvgIpc) is 2.89. The first-order valence-corrected chi connectivity index (χ1v) is 5.77. The maximum Gasteiger partial charge on any atom is 0.309 e. The second-order valence-corrected chi connectivity index (χ2v) is 4.63. The van der Waals surface area contributed by atoms with Crippen molar-refractivity contribution in [3.8, 4) is 0 Å². The molecule has 1 unspecified atom stereocenters. The fourth-order valence-corrected chi connectivity index (χ4v) is 2.57. The summed E-state index contributed by atoms with van der Waals surface area (Å²) in [6, 6.07) is 0. The molecule has 1 aliphatic carbocycles. The van der Waals surface area contributed by atoms with Gasteiger partial charge in [-0.2, -0.15) is 0 Å². The first-order chi connectivity index (χ1) is 7.20.